The molecule has 0 saturated carbocycles. The summed E-state index contributed by atoms with van der Waals surface area (Å²) >= 11 is 0. The van der Waals surface area contributed by atoms with Crippen LogP contribution in [0.3, 0.4) is 0 Å². The first-order valence-corrected chi connectivity index (χ1v) is 32.4. The van der Waals surface area contributed by atoms with E-state index in [2.05, 4.69) is 67.1 Å². The lowest BCUT2D eigenvalue weighted by Crippen LogP contribution is -2.50. The van der Waals surface area contributed by atoms with Gasteiger partial charge in [0, 0.05) is 226 Å². The van der Waals surface area contributed by atoms with Gasteiger partial charge in [-0.15, -0.1) is 0 Å². The first kappa shape index (κ1) is 61.5. The van der Waals surface area contributed by atoms with Crippen LogP contribution in [0, 0.1) is 13.8 Å². The predicted molar refractivity (Wildman–Crippen MR) is 358 cm³/mol. The van der Waals surface area contributed by atoms with Crippen molar-refractivity contribution in [1.82, 2.24) is 40.0 Å². The highest BCUT2D eigenvalue weighted by Crippen LogP contribution is 2.59. The Balaban J connectivity index is 0.732. The van der Waals surface area contributed by atoms with Crippen LogP contribution >= 0.6 is 0 Å². The molecule has 2 saturated heterocycles. The smallest absolute Gasteiger partial charge is 0.261 e. The highest BCUT2D eigenvalue weighted by Gasteiger charge is 2.56. The van der Waals surface area contributed by atoms with Gasteiger partial charge in [0.05, 0.1) is 0 Å². The molecule has 6 heterocycles. The van der Waals surface area contributed by atoms with E-state index in [4.69, 9.17) is 4.74 Å². The van der Waals surface area contributed by atoms with Crippen LogP contribution in [0.1, 0.15) is 106 Å². The first-order chi connectivity index (χ1) is 44.6. The van der Waals surface area contributed by atoms with Crippen LogP contribution in [-0.4, -0.2) is 203 Å². The summed E-state index contributed by atoms with van der Waals surface area (Å²) in [6.07, 6.45) is -0.0226. The lowest BCUT2D eigenvalue weighted by Gasteiger charge is -2.45. The van der Waals surface area contributed by atoms with Gasteiger partial charge in [0.15, 0.2) is 0 Å². The van der Waals surface area contributed by atoms with Crippen LogP contribution in [-0.2, 0) is 15.1 Å². The summed E-state index contributed by atoms with van der Waals surface area (Å²) in [6.45, 7) is 17.2. The van der Waals surface area contributed by atoms with Crippen molar-refractivity contribution in [3.05, 3.63) is 165 Å². The molecule has 2 fully saturated rings. The minimum atomic E-state index is -1.15. The Bertz CT molecular complexity index is 3880. The summed E-state index contributed by atoms with van der Waals surface area (Å²) in [6, 6.07) is 34.7. The van der Waals surface area contributed by atoms with Gasteiger partial charge in [-0.3, -0.25) is 43.4 Å². The summed E-state index contributed by atoms with van der Waals surface area (Å²) in [7, 11) is 4.20. The molecule has 0 aromatic heterocycles. The third kappa shape index (κ3) is 10.9. The van der Waals surface area contributed by atoms with Gasteiger partial charge >= 0.3 is 0 Å². The Morgan fingerprint density at radius 3 is 1.38 bits per heavy atom. The van der Waals surface area contributed by atoms with Gasteiger partial charge in [-0.25, -0.2) is 0 Å². The number of nitrogens with zero attached hydrogens (tertiary/aromatic N) is 8. The Morgan fingerprint density at radius 1 is 0.489 bits per heavy atom. The largest absolute Gasteiger partial charge is 0.456 e. The predicted octanol–water partition coefficient (Wildman–Crippen LogP) is 7.74. The molecule has 7 aromatic carbocycles. The van der Waals surface area contributed by atoms with Crippen molar-refractivity contribution in [2.75, 3.05) is 152 Å². The highest BCUT2D eigenvalue weighted by atomic mass is 16.5. The molecule has 0 unspecified atom stereocenters. The summed E-state index contributed by atoms with van der Waals surface area (Å²) in [5, 5.41) is 15.9. The molecular weight excluding hydrogens is 1160 g/mol. The molecule has 1 spiro atoms. The maximum atomic E-state index is 15.4. The minimum Gasteiger partial charge on any atom is -0.456 e. The van der Waals surface area contributed by atoms with E-state index >= 15 is 4.79 Å². The summed E-state index contributed by atoms with van der Waals surface area (Å²) in [5.41, 5.74) is 9.41. The molecule has 6 aliphatic rings. The minimum absolute atomic E-state index is 0.0113. The fourth-order valence-electron chi connectivity index (χ4n) is 14.6. The SMILES string of the molecule is CCNc1cc2c(cc1C)C1(c3cc(C)c(NCC)cc3O2)c2ccccc2C(=O)N1CCN(CCC(=O)NCCN1C(=O)c2cccc3c(N4CCN(C)CC4)ccc(c23)C1=O)CCC(=O)NCCN1C(=O)c2cccc3c(N4CCN(C)CC4)ccc(c23)C1=O. The van der Waals surface area contributed by atoms with Crippen molar-refractivity contribution in [3.8, 4) is 11.5 Å². The molecule has 0 bridgehead atoms. The van der Waals surface area contributed by atoms with E-state index in [-0.39, 0.29) is 82.9 Å². The molecule has 0 aliphatic carbocycles. The number of hydrogen-bond donors (Lipinski definition) is 4. The number of carbonyl (C=O) groups is 7. The molecule has 20 nitrogen and oxygen atoms in total. The second-order valence-electron chi connectivity index (χ2n) is 25.1. The van der Waals surface area contributed by atoms with Gasteiger partial charge in [0.1, 0.15) is 17.0 Å². The molecule has 7 amide bonds. The van der Waals surface area contributed by atoms with Gasteiger partial charge in [0.2, 0.25) is 11.8 Å². The lowest BCUT2D eigenvalue weighted by atomic mass is 9.73. The van der Waals surface area contributed by atoms with E-state index in [1.54, 1.807) is 12.1 Å². The molecule has 6 aliphatic heterocycles. The normalized spacial score (nSPS) is 16.8. The molecule has 4 N–H and O–H groups in total. The number of carbonyl (C=O) groups excluding carboxylic acids is 7. The molecular formula is C72H80N12O8. The molecule has 92 heavy (non-hydrogen) atoms. The number of fused-ring (bicyclic) bond motifs is 6. The van der Waals surface area contributed by atoms with E-state index in [9.17, 15) is 28.8 Å². The highest BCUT2D eigenvalue weighted by molar-refractivity contribution is 6.28. The van der Waals surface area contributed by atoms with Crippen LogP contribution in [0.2, 0.25) is 0 Å². The summed E-state index contributed by atoms with van der Waals surface area (Å²) < 4.78 is 6.88. The fraction of sp³-hybridized carbons (Fsp3) is 0.375. The fourth-order valence-corrected chi connectivity index (χ4v) is 14.6. The number of hydrogen-bond acceptors (Lipinski definition) is 15. The van der Waals surface area contributed by atoms with Gasteiger partial charge < -0.3 is 55.4 Å². The van der Waals surface area contributed by atoms with E-state index in [0.29, 0.717) is 63.2 Å². The number of benzene rings is 7. The zero-order valence-corrected chi connectivity index (χ0v) is 53.4. The van der Waals surface area contributed by atoms with Crippen molar-refractivity contribution < 1.29 is 38.3 Å². The van der Waals surface area contributed by atoms with Crippen LogP contribution < -0.4 is 35.8 Å². The topological polar surface area (TPSA) is 203 Å². The third-order valence-corrected chi connectivity index (χ3v) is 19.5. The van der Waals surface area contributed by atoms with E-state index in [0.717, 1.165) is 114 Å². The monoisotopic (exact) mass is 1240 g/mol. The first-order valence-electron chi connectivity index (χ1n) is 32.4. The van der Waals surface area contributed by atoms with Crippen molar-refractivity contribution in [1.29, 1.82) is 0 Å². The van der Waals surface area contributed by atoms with Crippen LogP contribution in [0.4, 0.5) is 22.7 Å². The molecule has 476 valence electrons. The number of nitrogens with one attached hydrogen (secondary N) is 4. The maximum Gasteiger partial charge on any atom is 0.261 e. The average molecular weight is 1240 g/mol. The summed E-state index contributed by atoms with van der Waals surface area (Å²) in [5.74, 6) is -1.27. The number of ether oxygens (including phenoxy) is 1. The number of anilines is 4. The third-order valence-electron chi connectivity index (χ3n) is 19.5. The maximum absolute atomic E-state index is 15.4. The number of amides is 7. The summed E-state index contributed by atoms with van der Waals surface area (Å²) in [4.78, 5) is 116. The number of rotatable bonds is 21. The van der Waals surface area contributed by atoms with Gasteiger partial charge in [0.25, 0.3) is 29.5 Å². The standard InChI is InChI=1S/C72H80N12O8/c1-7-73-57-43-61-55(41-45(57)3)72(56-42-46(4)58(74-8-2)44-62(56)92-61)54-18-10-9-13-47(54)71(91)84(72)40-35-79(27-23-63(85)75-25-29-82-67(87)50-16-11-14-48-59(80-36-31-77(5)32-37-80)21-19-52(65(48)50)69(82)89)28-24-64(86)76-26-30-83-68(88)51-17-12-15-49-60(81-38-33-78(6)34-39-81)22-20-53(66(49)51)70(83)90/h9-22,41-44,73-74H,7-8,23-40H2,1-6H3,(H,75,85)(H,76,86). The molecule has 0 atom stereocenters. The molecule has 13 rings (SSSR count). The number of imide groups is 2. The van der Waals surface area contributed by atoms with Crippen LogP contribution in [0.25, 0.3) is 21.5 Å². The Hall–Kier alpha value is -9.37. The zero-order chi connectivity index (χ0) is 64.1. The van der Waals surface area contributed by atoms with Crippen LogP contribution in [0.5, 0.6) is 11.5 Å². The second kappa shape index (κ2) is 25.4. The quantitative estimate of drug-likeness (QED) is 0.0509. The molecule has 0 radical (unpaired) electrons. The van der Waals surface area contributed by atoms with Crippen LogP contribution in [0.15, 0.2) is 109 Å². The van der Waals surface area contributed by atoms with Gasteiger partial charge in [-0.1, -0.05) is 42.5 Å². The number of piperazine rings is 2. The lowest BCUT2D eigenvalue weighted by molar-refractivity contribution is -0.121. The van der Waals surface area contributed by atoms with Crippen molar-refractivity contribution in [2.24, 2.45) is 0 Å². The average Bonchev–Trinajstić information content (AvgIpc) is 1.39. The Morgan fingerprint density at radius 2 is 0.924 bits per heavy atom. The Labute approximate surface area is 536 Å². The van der Waals surface area contributed by atoms with Crippen molar-refractivity contribution in [3.63, 3.8) is 0 Å². The molecule has 20 heteroatoms. The zero-order valence-electron chi connectivity index (χ0n) is 53.4. The van der Waals surface area contributed by atoms with Gasteiger partial charge in [-0.2, -0.15) is 0 Å². The Kier molecular flexibility index (Phi) is 17.0. The van der Waals surface area contributed by atoms with Crippen molar-refractivity contribution >= 4 is 85.6 Å². The van der Waals surface area contributed by atoms with E-state index in [1.807, 2.05) is 122 Å². The molecule has 7 aromatic rings. The number of likely N-dealkylation sites (N-methyl/N-ethyl adjacent to an activating group) is 2. The second-order valence-corrected chi connectivity index (χ2v) is 25.1. The van der Waals surface area contributed by atoms with E-state index < -0.39 is 29.2 Å². The number of aryl methyl sites for hydroxylation is 2. The van der Waals surface area contributed by atoms with Gasteiger partial charge in [-0.05, 0) is 113 Å². The van der Waals surface area contributed by atoms with E-state index in [1.165, 1.54) is 9.80 Å². The van der Waals surface area contributed by atoms with Crippen molar-refractivity contribution in [2.45, 2.75) is 46.1 Å².